The van der Waals surface area contributed by atoms with Crippen LogP contribution in [0.5, 0.6) is 0 Å². The highest BCUT2D eigenvalue weighted by Gasteiger charge is 2.13. The number of para-hydroxylation sites is 1. The third kappa shape index (κ3) is 3.69. The van der Waals surface area contributed by atoms with Gasteiger partial charge in [-0.2, -0.15) is 0 Å². The van der Waals surface area contributed by atoms with Crippen molar-refractivity contribution in [1.82, 2.24) is 10.3 Å². The van der Waals surface area contributed by atoms with Crippen LogP contribution in [-0.4, -0.2) is 22.2 Å². The Balaban J connectivity index is 1.60. The van der Waals surface area contributed by atoms with Crippen LogP contribution in [0.25, 0.3) is 10.2 Å². The van der Waals surface area contributed by atoms with Crippen molar-refractivity contribution < 1.29 is 19.4 Å². The van der Waals surface area contributed by atoms with Gasteiger partial charge in [0.25, 0.3) is 0 Å². The molecule has 0 unspecified atom stereocenters. The fraction of sp³-hybridized carbons (Fsp3) is 0.118. The van der Waals surface area contributed by atoms with E-state index in [1.165, 1.54) is 17.4 Å². The lowest BCUT2D eigenvalue weighted by atomic mass is 10.2. The Hall–Kier alpha value is -2.93. The Bertz CT molecular complexity index is 877. The maximum Gasteiger partial charge on any atom is 0.407 e. The van der Waals surface area contributed by atoms with Gasteiger partial charge in [-0.25, -0.2) is 14.6 Å². The second-order valence-corrected chi connectivity index (χ2v) is 6.10. The number of nitrogens with zero attached hydrogens (tertiary/aromatic N) is 1. The first-order valence-corrected chi connectivity index (χ1v) is 8.01. The number of aromatic nitrogens is 1. The Kier molecular flexibility index (Phi) is 4.72. The molecule has 6 nitrogen and oxygen atoms in total. The maximum atomic E-state index is 11.7. The average molecular weight is 342 g/mol. The van der Waals surface area contributed by atoms with Crippen LogP contribution < -0.4 is 5.32 Å². The van der Waals surface area contributed by atoms with E-state index >= 15 is 0 Å². The number of carbonyl (C=O) groups is 2. The molecule has 0 spiro atoms. The first-order chi connectivity index (χ1) is 11.6. The number of nitrogens with one attached hydrogen (secondary N) is 1. The summed E-state index contributed by atoms with van der Waals surface area (Å²) in [6.45, 7) is 0.377. The summed E-state index contributed by atoms with van der Waals surface area (Å²) in [6.07, 6.45) is -0.545. The van der Waals surface area contributed by atoms with E-state index < -0.39 is 12.1 Å². The highest BCUT2D eigenvalue weighted by Crippen LogP contribution is 2.25. The standard InChI is InChI=1S/C17H14N2O4S/c20-16(21)12-7-4-8-13-15(12)19-14(24-13)9-18-17(22)23-10-11-5-2-1-3-6-11/h1-8H,9-10H2,(H,18,22)(H,20,21). The summed E-state index contributed by atoms with van der Waals surface area (Å²) in [5.74, 6) is -1.02. The molecule has 0 aliphatic heterocycles. The summed E-state index contributed by atoms with van der Waals surface area (Å²) in [4.78, 5) is 27.2. The molecule has 0 aliphatic carbocycles. The predicted octanol–water partition coefficient (Wildman–Crippen LogP) is 3.42. The van der Waals surface area contributed by atoms with Crippen molar-refractivity contribution in [1.29, 1.82) is 0 Å². The fourth-order valence-electron chi connectivity index (χ4n) is 2.16. The van der Waals surface area contributed by atoms with Crippen LogP contribution in [0.4, 0.5) is 4.79 Å². The zero-order valence-corrected chi connectivity index (χ0v) is 13.4. The van der Waals surface area contributed by atoms with E-state index in [-0.39, 0.29) is 18.7 Å². The molecule has 0 bridgehead atoms. The molecule has 122 valence electrons. The minimum atomic E-state index is -1.02. The lowest BCUT2D eigenvalue weighted by Gasteiger charge is -2.05. The highest BCUT2D eigenvalue weighted by molar-refractivity contribution is 7.18. The van der Waals surface area contributed by atoms with Gasteiger partial charge in [-0.1, -0.05) is 36.4 Å². The van der Waals surface area contributed by atoms with Crippen LogP contribution >= 0.6 is 11.3 Å². The van der Waals surface area contributed by atoms with Crippen molar-refractivity contribution in [2.75, 3.05) is 0 Å². The van der Waals surface area contributed by atoms with E-state index in [0.717, 1.165) is 10.3 Å². The number of rotatable bonds is 5. The molecule has 1 aromatic heterocycles. The first-order valence-electron chi connectivity index (χ1n) is 7.20. The predicted molar refractivity (Wildman–Crippen MR) is 90.0 cm³/mol. The maximum absolute atomic E-state index is 11.7. The van der Waals surface area contributed by atoms with Gasteiger partial charge in [0.2, 0.25) is 0 Å². The van der Waals surface area contributed by atoms with Gasteiger partial charge in [0.1, 0.15) is 11.6 Å². The molecule has 7 heteroatoms. The van der Waals surface area contributed by atoms with Gasteiger partial charge in [0, 0.05) is 0 Å². The summed E-state index contributed by atoms with van der Waals surface area (Å²) in [5, 5.41) is 12.4. The largest absolute Gasteiger partial charge is 0.478 e. The number of hydrogen-bond acceptors (Lipinski definition) is 5. The molecule has 3 aromatic rings. The summed E-state index contributed by atoms with van der Waals surface area (Å²) >= 11 is 1.34. The quantitative estimate of drug-likeness (QED) is 0.742. The molecular weight excluding hydrogens is 328 g/mol. The van der Waals surface area contributed by atoms with Crippen molar-refractivity contribution in [2.45, 2.75) is 13.2 Å². The van der Waals surface area contributed by atoms with Gasteiger partial charge in [0.15, 0.2) is 0 Å². The van der Waals surface area contributed by atoms with Gasteiger partial charge in [-0.05, 0) is 17.7 Å². The van der Waals surface area contributed by atoms with Gasteiger partial charge < -0.3 is 15.2 Å². The van der Waals surface area contributed by atoms with E-state index in [0.29, 0.717) is 10.5 Å². The molecule has 24 heavy (non-hydrogen) atoms. The molecule has 0 fully saturated rings. The monoisotopic (exact) mass is 342 g/mol. The first kappa shape index (κ1) is 15.9. The molecule has 2 N–H and O–H groups in total. The van der Waals surface area contributed by atoms with Crippen LogP contribution in [0, 0.1) is 0 Å². The van der Waals surface area contributed by atoms with Crippen LogP contribution in [0.15, 0.2) is 48.5 Å². The van der Waals surface area contributed by atoms with Crippen molar-refractivity contribution in [3.63, 3.8) is 0 Å². The van der Waals surface area contributed by atoms with Gasteiger partial charge >= 0.3 is 12.1 Å². The highest BCUT2D eigenvalue weighted by atomic mass is 32.1. The molecule has 0 saturated heterocycles. The number of ether oxygens (including phenoxy) is 1. The average Bonchev–Trinajstić information content (AvgIpc) is 3.01. The van der Waals surface area contributed by atoms with Crippen LogP contribution in [0.2, 0.25) is 0 Å². The van der Waals surface area contributed by atoms with Crippen molar-refractivity contribution in [2.24, 2.45) is 0 Å². The molecule has 1 amide bonds. The van der Waals surface area contributed by atoms with E-state index in [1.54, 1.807) is 12.1 Å². The van der Waals surface area contributed by atoms with Crippen molar-refractivity contribution >= 4 is 33.6 Å². The molecule has 0 aliphatic rings. The number of thiazole rings is 1. The second kappa shape index (κ2) is 7.10. The fourth-order valence-corrected chi connectivity index (χ4v) is 3.10. The molecule has 0 atom stereocenters. The SMILES string of the molecule is O=C(NCc1nc2c(C(=O)O)cccc2s1)OCc1ccccc1. The summed E-state index contributed by atoms with van der Waals surface area (Å²) in [7, 11) is 0. The molecule has 1 heterocycles. The topological polar surface area (TPSA) is 88.5 Å². The van der Waals surface area contributed by atoms with E-state index in [4.69, 9.17) is 9.84 Å². The van der Waals surface area contributed by atoms with Crippen LogP contribution in [-0.2, 0) is 17.9 Å². The number of alkyl carbamates (subject to hydrolysis) is 1. The van der Waals surface area contributed by atoms with Crippen molar-refractivity contribution in [3.8, 4) is 0 Å². The number of amides is 1. The Morgan fingerprint density at radius 1 is 1.12 bits per heavy atom. The lowest BCUT2D eigenvalue weighted by molar-refractivity contribution is 0.0698. The zero-order chi connectivity index (χ0) is 16.9. The number of carbonyl (C=O) groups excluding carboxylic acids is 1. The van der Waals surface area contributed by atoms with Crippen LogP contribution in [0.3, 0.4) is 0 Å². The third-order valence-corrected chi connectivity index (χ3v) is 4.31. The number of aromatic carboxylic acids is 1. The molecule has 0 radical (unpaired) electrons. The van der Waals surface area contributed by atoms with Gasteiger partial charge in [-0.15, -0.1) is 11.3 Å². The second-order valence-electron chi connectivity index (χ2n) is 4.98. The molecule has 3 rings (SSSR count). The smallest absolute Gasteiger partial charge is 0.407 e. The Morgan fingerprint density at radius 2 is 1.92 bits per heavy atom. The lowest BCUT2D eigenvalue weighted by Crippen LogP contribution is -2.23. The van der Waals surface area contributed by atoms with Crippen LogP contribution in [0.1, 0.15) is 20.9 Å². The molecule has 2 aromatic carbocycles. The van der Waals surface area contributed by atoms with E-state index in [1.807, 2.05) is 30.3 Å². The normalized spacial score (nSPS) is 10.5. The zero-order valence-electron chi connectivity index (χ0n) is 12.6. The minimum Gasteiger partial charge on any atom is -0.478 e. The number of fused-ring (bicyclic) bond motifs is 1. The number of benzene rings is 2. The Labute approximate surface area is 141 Å². The third-order valence-electron chi connectivity index (χ3n) is 3.29. The minimum absolute atomic E-state index is 0.154. The summed E-state index contributed by atoms with van der Waals surface area (Å²) < 4.78 is 5.89. The molecule has 0 saturated carbocycles. The van der Waals surface area contributed by atoms with E-state index in [2.05, 4.69) is 10.3 Å². The number of hydrogen-bond donors (Lipinski definition) is 2. The van der Waals surface area contributed by atoms with Crippen molar-refractivity contribution in [3.05, 3.63) is 64.7 Å². The number of carboxylic acid groups (broad SMARTS) is 1. The molecular formula is C17H14N2O4S. The summed E-state index contributed by atoms with van der Waals surface area (Å²) in [5.41, 5.74) is 1.49. The van der Waals surface area contributed by atoms with E-state index in [9.17, 15) is 9.59 Å². The number of carboxylic acids is 1. The Morgan fingerprint density at radius 3 is 2.67 bits per heavy atom. The van der Waals surface area contributed by atoms with Gasteiger partial charge in [0.05, 0.1) is 22.3 Å². The van der Waals surface area contributed by atoms with Gasteiger partial charge in [-0.3, -0.25) is 0 Å². The summed E-state index contributed by atoms with van der Waals surface area (Å²) in [6, 6.07) is 14.4.